The number of aryl methyl sites for hydroxylation is 2. The first-order valence-corrected chi connectivity index (χ1v) is 13.8. The van der Waals surface area contributed by atoms with Crippen molar-refractivity contribution in [2.45, 2.75) is 66.7 Å². The van der Waals surface area contributed by atoms with Crippen molar-refractivity contribution in [3.63, 3.8) is 0 Å². The van der Waals surface area contributed by atoms with Gasteiger partial charge in [0.1, 0.15) is 4.90 Å². The zero-order chi connectivity index (χ0) is 23.6. The molecule has 9 heteroatoms. The normalized spacial score (nSPS) is 19.0. The highest BCUT2D eigenvalue weighted by Crippen LogP contribution is 2.38. The Morgan fingerprint density at radius 1 is 0.939 bits per heavy atom. The van der Waals surface area contributed by atoms with Crippen LogP contribution in [0.15, 0.2) is 51.1 Å². The van der Waals surface area contributed by atoms with Gasteiger partial charge < -0.3 is 0 Å². The first-order chi connectivity index (χ1) is 15.8. The highest BCUT2D eigenvalue weighted by Gasteiger charge is 2.34. The molecule has 2 aliphatic rings. The Morgan fingerprint density at radius 3 is 2.30 bits per heavy atom. The van der Waals surface area contributed by atoms with Gasteiger partial charge in [0.25, 0.3) is 5.69 Å². The van der Waals surface area contributed by atoms with Gasteiger partial charge in [-0.2, -0.15) is 4.31 Å². The second-order valence-electron chi connectivity index (χ2n) is 8.99. The van der Waals surface area contributed by atoms with Crippen LogP contribution in [-0.2, 0) is 10.0 Å². The molecule has 1 heterocycles. The van der Waals surface area contributed by atoms with Crippen LogP contribution in [0.3, 0.4) is 0 Å². The van der Waals surface area contributed by atoms with E-state index in [0.29, 0.717) is 37.1 Å². The van der Waals surface area contributed by atoms with Crippen LogP contribution in [0.1, 0.15) is 43.2 Å². The average Bonchev–Trinajstić information content (AvgIpc) is 2.82. The van der Waals surface area contributed by atoms with Crippen molar-refractivity contribution in [1.82, 2.24) is 9.21 Å². The van der Waals surface area contributed by atoms with Crippen LogP contribution in [0.2, 0.25) is 0 Å². The van der Waals surface area contributed by atoms with E-state index in [1.54, 1.807) is 6.07 Å². The highest BCUT2D eigenvalue weighted by atomic mass is 32.2. The van der Waals surface area contributed by atoms with Gasteiger partial charge in [-0.3, -0.25) is 15.0 Å². The van der Waals surface area contributed by atoms with Gasteiger partial charge >= 0.3 is 0 Å². The third kappa shape index (κ3) is 5.42. The van der Waals surface area contributed by atoms with E-state index >= 15 is 0 Å². The Kier molecular flexibility index (Phi) is 7.43. The number of piperazine rings is 1. The Hall–Kier alpha value is -1.94. The fourth-order valence-corrected chi connectivity index (χ4v) is 7.69. The van der Waals surface area contributed by atoms with Crippen molar-refractivity contribution >= 4 is 27.5 Å². The fraction of sp³-hybridized carbons (Fsp3) is 0.500. The van der Waals surface area contributed by atoms with E-state index in [9.17, 15) is 18.5 Å². The van der Waals surface area contributed by atoms with Gasteiger partial charge in [0.15, 0.2) is 0 Å². The molecule has 4 rings (SSSR count). The topological polar surface area (TPSA) is 83.8 Å². The van der Waals surface area contributed by atoms with Crippen molar-refractivity contribution in [2.75, 3.05) is 26.2 Å². The number of nitrogens with zero attached hydrogens (tertiary/aromatic N) is 3. The summed E-state index contributed by atoms with van der Waals surface area (Å²) in [6, 6.07) is 10.7. The van der Waals surface area contributed by atoms with Crippen molar-refractivity contribution in [3.05, 3.63) is 57.6 Å². The summed E-state index contributed by atoms with van der Waals surface area (Å²) in [5, 5.41) is 11.4. The first-order valence-electron chi connectivity index (χ1n) is 11.5. The number of nitro groups is 1. The van der Waals surface area contributed by atoms with Crippen LogP contribution in [0.25, 0.3) is 0 Å². The molecular weight excluding hydrogens is 458 g/mol. The van der Waals surface area contributed by atoms with Crippen LogP contribution in [0.5, 0.6) is 0 Å². The van der Waals surface area contributed by atoms with E-state index in [2.05, 4.69) is 4.90 Å². The summed E-state index contributed by atoms with van der Waals surface area (Å²) in [7, 11) is -3.86. The largest absolute Gasteiger partial charge is 0.298 e. The van der Waals surface area contributed by atoms with Crippen molar-refractivity contribution in [2.24, 2.45) is 0 Å². The molecule has 2 fully saturated rings. The molecule has 178 valence electrons. The molecule has 0 atom stereocenters. The quantitative estimate of drug-likeness (QED) is 0.419. The van der Waals surface area contributed by atoms with E-state index in [-0.39, 0.29) is 10.6 Å². The van der Waals surface area contributed by atoms with Gasteiger partial charge in [0, 0.05) is 54.1 Å². The fourth-order valence-electron chi connectivity index (χ4n) is 4.73. The van der Waals surface area contributed by atoms with Gasteiger partial charge in [0.05, 0.1) is 4.92 Å². The Morgan fingerprint density at radius 2 is 1.64 bits per heavy atom. The van der Waals surface area contributed by atoms with Gasteiger partial charge in [-0.15, -0.1) is 0 Å². The summed E-state index contributed by atoms with van der Waals surface area (Å²) in [6.45, 7) is 6.20. The molecule has 0 bridgehead atoms. The second-order valence-corrected chi connectivity index (χ2v) is 12.0. The number of benzene rings is 2. The van der Waals surface area contributed by atoms with Gasteiger partial charge in [0.2, 0.25) is 10.0 Å². The summed E-state index contributed by atoms with van der Waals surface area (Å²) >= 11 is 1.35. The van der Waals surface area contributed by atoms with Crippen LogP contribution < -0.4 is 0 Å². The highest BCUT2D eigenvalue weighted by molar-refractivity contribution is 8.00. The lowest BCUT2D eigenvalue weighted by Crippen LogP contribution is -2.52. The zero-order valence-electron chi connectivity index (χ0n) is 19.2. The van der Waals surface area contributed by atoms with Gasteiger partial charge in [-0.1, -0.05) is 43.2 Å². The summed E-state index contributed by atoms with van der Waals surface area (Å²) in [5.41, 5.74) is 1.90. The number of sulfonamides is 1. The lowest BCUT2D eigenvalue weighted by molar-refractivity contribution is -0.385. The van der Waals surface area contributed by atoms with Crippen molar-refractivity contribution in [1.29, 1.82) is 0 Å². The molecule has 1 saturated heterocycles. The maximum absolute atomic E-state index is 13.7. The molecule has 7 nitrogen and oxygen atoms in total. The maximum Gasteiger partial charge on any atom is 0.270 e. The van der Waals surface area contributed by atoms with E-state index in [0.717, 1.165) is 16.0 Å². The summed E-state index contributed by atoms with van der Waals surface area (Å²) < 4.78 is 28.9. The SMILES string of the molecule is Cc1ccc(C)c(Sc2ccc([N+](=O)[O-])cc2S(=O)(=O)N2CCN(C3CCCCC3)CC2)c1. The van der Waals surface area contributed by atoms with Gasteiger partial charge in [-0.25, -0.2) is 8.42 Å². The lowest BCUT2D eigenvalue weighted by Gasteiger charge is -2.40. The molecule has 1 aliphatic heterocycles. The number of hydrogen-bond acceptors (Lipinski definition) is 6. The smallest absolute Gasteiger partial charge is 0.270 e. The lowest BCUT2D eigenvalue weighted by atomic mass is 9.94. The van der Waals surface area contributed by atoms with Crippen LogP contribution in [0, 0.1) is 24.0 Å². The second kappa shape index (κ2) is 10.1. The number of nitro benzene ring substituents is 1. The Balaban J connectivity index is 1.61. The minimum atomic E-state index is -3.86. The molecule has 2 aromatic rings. The molecular formula is C24H31N3O4S2. The van der Waals surface area contributed by atoms with E-state index in [1.165, 1.54) is 60.3 Å². The van der Waals surface area contributed by atoms with Crippen molar-refractivity contribution in [3.8, 4) is 0 Å². The standard InChI is InChI=1S/C24H31N3O4S2/c1-18-8-9-19(2)23(16-18)32-22-11-10-21(27(28)29)17-24(22)33(30,31)26-14-12-25(13-15-26)20-6-4-3-5-7-20/h8-11,16-17,20H,3-7,12-15H2,1-2H3. The maximum atomic E-state index is 13.7. The minimum absolute atomic E-state index is 0.0220. The monoisotopic (exact) mass is 489 g/mol. The third-order valence-corrected chi connectivity index (χ3v) is 9.99. The Labute approximate surface area is 200 Å². The molecule has 0 N–H and O–H groups in total. The summed E-state index contributed by atoms with van der Waals surface area (Å²) in [5.74, 6) is 0. The molecule has 0 spiro atoms. The molecule has 0 amide bonds. The predicted octanol–water partition coefficient (Wildman–Crippen LogP) is 5.00. The van der Waals surface area contributed by atoms with Gasteiger partial charge in [-0.05, 0) is 49.9 Å². The predicted molar refractivity (Wildman–Crippen MR) is 130 cm³/mol. The molecule has 0 aromatic heterocycles. The number of rotatable bonds is 6. The van der Waals surface area contributed by atoms with Crippen molar-refractivity contribution < 1.29 is 13.3 Å². The zero-order valence-corrected chi connectivity index (χ0v) is 20.8. The summed E-state index contributed by atoms with van der Waals surface area (Å²) in [4.78, 5) is 14.8. The van der Waals surface area contributed by atoms with Crippen LogP contribution in [0.4, 0.5) is 5.69 Å². The number of hydrogen-bond donors (Lipinski definition) is 0. The number of non-ortho nitro benzene ring substituents is 1. The van der Waals surface area contributed by atoms with E-state index < -0.39 is 14.9 Å². The minimum Gasteiger partial charge on any atom is -0.298 e. The van der Waals surface area contributed by atoms with E-state index in [1.807, 2.05) is 32.0 Å². The van der Waals surface area contributed by atoms with Crippen LogP contribution in [-0.4, -0.2) is 54.8 Å². The van der Waals surface area contributed by atoms with Crippen LogP contribution >= 0.6 is 11.8 Å². The molecule has 0 unspecified atom stereocenters. The first kappa shape index (κ1) is 24.2. The molecule has 33 heavy (non-hydrogen) atoms. The van der Waals surface area contributed by atoms with E-state index in [4.69, 9.17) is 0 Å². The summed E-state index contributed by atoms with van der Waals surface area (Å²) in [6.07, 6.45) is 6.16. The third-order valence-electron chi connectivity index (χ3n) is 6.68. The molecule has 1 saturated carbocycles. The molecule has 2 aromatic carbocycles. The molecule has 1 aliphatic carbocycles. The average molecular weight is 490 g/mol. The molecule has 0 radical (unpaired) electrons. The Bertz CT molecular complexity index is 1120.